The van der Waals surface area contributed by atoms with E-state index in [2.05, 4.69) is 28.4 Å². The summed E-state index contributed by atoms with van der Waals surface area (Å²) < 4.78 is 8.03. The first-order valence-electron chi connectivity index (χ1n) is 14.3. The first-order chi connectivity index (χ1) is 18.2. The van der Waals surface area contributed by atoms with E-state index in [-0.39, 0.29) is 22.9 Å². The van der Waals surface area contributed by atoms with Crippen LogP contribution in [-0.2, 0) is 17.8 Å². The molecule has 2 aromatic carbocycles. The number of aromatic nitrogens is 1. The zero-order valence-electron chi connectivity index (χ0n) is 23.0. The van der Waals surface area contributed by atoms with Crippen LogP contribution < -0.4 is 31.6 Å². The fourth-order valence-corrected chi connectivity index (χ4v) is 5.14. The molecule has 3 aromatic rings. The van der Waals surface area contributed by atoms with E-state index in [4.69, 9.17) is 4.74 Å². The third-order valence-electron chi connectivity index (χ3n) is 6.73. The number of nitrogens with zero attached hydrogens (tertiary/aromatic N) is 1. The molecule has 0 atom stereocenters. The summed E-state index contributed by atoms with van der Waals surface area (Å²) in [6, 6.07) is 15.9. The van der Waals surface area contributed by atoms with Crippen LogP contribution in [0.5, 0.6) is 5.75 Å². The number of ether oxygens (including phenoxy) is 1. The molecule has 0 bridgehead atoms. The predicted octanol–water partition coefficient (Wildman–Crippen LogP) is 5.35. The molecule has 0 fully saturated rings. The molecule has 0 aliphatic rings. The lowest BCUT2D eigenvalue weighted by Gasteiger charge is -2.10. The number of hydrogen-bond donors (Lipinski definition) is 1. The van der Waals surface area contributed by atoms with Crippen molar-refractivity contribution >= 4 is 22.9 Å². The molecular weight excluding hydrogens is 556 g/mol. The summed E-state index contributed by atoms with van der Waals surface area (Å²) in [5.41, 5.74) is 5.02. The first-order valence-corrected chi connectivity index (χ1v) is 15.2. The molecule has 0 radical (unpaired) electrons. The van der Waals surface area contributed by atoms with Gasteiger partial charge in [0.15, 0.2) is 12.7 Å². The van der Waals surface area contributed by atoms with Gasteiger partial charge in [-0.2, -0.15) is 4.57 Å². The van der Waals surface area contributed by atoms with E-state index < -0.39 is 0 Å². The quantitative estimate of drug-likeness (QED) is 0.149. The lowest BCUT2D eigenvalue weighted by atomic mass is 10.1. The molecule has 1 heterocycles. The zero-order chi connectivity index (χ0) is 26.0. The molecule has 0 spiro atoms. The van der Waals surface area contributed by atoms with Gasteiger partial charge < -0.3 is 27.0 Å². The van der Waals surface area contributed by atoms with Crippen LogP contribution in [0.3, 0.4) is 0 Å². The van der Waals surface area contributed by atoms with Gasteiger partial charge in [-0.15, -0.1) is 0 Å². The maximum Gasteiger partial charge on any atom is 0.228 e. The van der Waals surface area contributed by atoms with Crippen molar-refractivity contribution in [3.05, 3.63) is 76.7 Å². The number of unbranched alkanes of at least 4 members (excludes halogenated alkanes) is 11. The SMILES string of the molecule is CCCCCCCCCCCCCCOc1ccc(CC(=O)Nc2ccccc2C[n+]2ccsc2)cc1.[Br-]. The van der Waals surface area contributed by atoms with Gasteiger partial charge in [0.1, 0.15) is 5.75 Å². The van der Waals surface area contributed by atoms with Crippen LogP contribution in [0.15, 0.2) is 65.6 Å². The number of carbonyl (C=O) groups is 1. The van der Waals surface area contributed by atoms with Gasteiger partial charge in [-0.25, -0.2) is 0 Å². The van der Waals surface area contributed by atoms with E-state index in [0.717, 1.165) is 42.1 Å². The highest BCUT2D eigenvalue weighted by atomic mass is 79.9. The molecule has 0 saturated carbocycles. The Bertz CT molecular complexity index is 1010. The molecule has 4 nitrogen and oxygen atoms in total. The lowest BCUT2D eigenvalue weighted by Crippen LogP contribution is -3.00. The minimum atomic E-state index is -0.00655. The van der Waals surface area contributed by atoms with Gasteiger partial charge in [-0.05, 0) is 30.2 Å². The molecule has 0 unspecified atom stereocenters. The summed E-state index contributed by atoms with van der Waals surface area (Å²) in [6.07, 6.45) is 18.6. The Morgan fingerprint density at radius 1 is 0.842 bits per heavy atom. The lowest BCUT2D eigenvalue weighted by molar-refractivity contribution is -0.683. The van der Waals surface area contributed by atoms with Crippen LogP contribution in [0.4, 0.5) is 5.69 Å². The number of thiazole rings is 1. The maximum absolute atomic E-state index is 12.7. The number of halogens is 1. The van der Waals surface area contributed by atoms with Crippen LogP contribution in [0.25, 0.3) is 0 Å². The van der Waals surface area contributed by atoms with Crippen LogP contribution in [0.2, 0.25) is 0 Å². The number of hydrogen-bond acceptors (Lipinski definition) is 3. The second-order valence-electron chi connectivity index (χ2n) is 9.96. The van der Waals surface area contributed by atoms with E-state index in [9.17, 15) is 4.79 Å². The minimum absolute atomic E-state index is 0. The van der Waals surface area contributed by atoms with E-state index in [1.807, 2.05) is 54.0 Å². The summed E-state index contributed by atoms with van der Waals surface area (Å²) in [6.45, 7) is 3.78. The number of rotatable bonds is 19. The highest BCUT2D eigenvalue weighted by Crippen LogP contribution is 2.18. The van der Waals surface area contributed by atoms with Gasteiger partial charge in [0.25, 0.3) is 0 Å². The Kier molecular flexibility index (Phi) is 16.7. The second kappa shape index (κ2) is 19.8. The van der Waals surface area contributed by atoms with E-state index in [1.165, 1.54) is 70.6 Å². The third-order valence-corrected chi connectivity index (χ3v) is 7.40. The molecule has 3 rings (SSSR count). The van der Waals surface area contributed by atoms with Crippen molar-refractivity contribution in [3.63, 3.8) is 0 Å². The smallest absolute Gasteiger partial charge is 0.228 e. The monoisotopic (exact) mass is 600 g/mol. The van der Waals surface area contributed by atoms with Crippen molar-refractivity contribution in [2.75, 3.05) is 11.9 Å². The summed E-state index contributed by atoms with van der Waals surface area (Å²) in [5.74, 6) is 0.873. The molecule has 1 aromatic heterocycles. The minimum Gasteiger partial charge on any atom is -1.00 e. The largest absolute Gasteiger partial charge is 1.00 e. The molecule has 1 amide bonds. The fraction of sp³-hybridized carbons (Fsp3) is 0.500. The molecular formula is C32H45BrN2O2S. The van der Waals surface area contributed by atoms with Crippen LogP contribution in [0, 0.1) is 0 Å². The number of nitrogens with one attached hydrogen (secondary N) is 1. The van der Waals surface area contributed by atoms with Crippen molar-refractivity contribution in [2.45, 2.75) is 96.9 Å². The van der Waals surface area contributed by atoms with Crippen molar-refractivity contribution in [2.24, 2.45) is 0 Å². The third kappa shape index (κ3) is 13.1. The Morgan fingerprint density at radius 3 is 2.11 bits per heavy atom. The Labute approximate surface area is 244 Å². The number of benzene rings is 2. The van der Waals surface area contributed by atoms with Crippen molar-refractivity contribution in [3.8, 4) is 5.75 Å². The van der Waals surface area contributed by atoms with Crippen LogP contribution in [-0.4, -0.2) is 12.5 Å². The average Bonchev–Trinajstić information content (AvgIpc) is 3.42. The Hall–Kier alpha value is -2.18. The maximum atomic E-state index is 12.7. The Morgan fingerprint density at radius 2 is 1.47 bits per heavy atom. The molecule has 1 N–H and O–H groups in total. The number of amides is 1. The number of carbonyl (C=O) groups excluding carboxylic acids is 1. The molecule has 38 heavy (non-hydrogen) atoms. The molecule has 0 aliphatic heterocycles. The summed E-state index contributed by atoms with van der Waals surface area (Å²) in [5, 5.41) is 5.13. The molecule has 208 valence electrons. The highest BCUT2D eigenvalue weighted by Gasteiger charge is 2.11. The van der Waals surface area contributed by atoms with Gasteiger partial charge in [0.05, 0.1) is 24.1 Å². The van der Waals surface area contributed by atoms with Crippen molar-refractivity contribution in [1.29, 1.82) is 0 Å². The van der Waals surface area contributed by atoms with Gasteiger partial charge >= 0.3 is 0 Å². The Balaban J connectivity index is 0.00000507. The van der Waals surface area contributed by atoms with Crippen molar-refractivity contribution < 1.29 is 31.1 Å². The van der Waals surface area contributed by atoms with Gasteiger partial charge in [-0.1, -0.05) is 119 Å². The molecule has 6 heteroatoms. The average molecular weight is 602 g/mol. The van der Waals surface area contributed by atoms with Crippen LogP contribution >= 0.6 is 11.3 Å². The van der Waals surface area contributed by atoms with Gasteiger partial charge in [0, 0.05) is 5.56 Å². The standard InChI is InChI=1S/C32H44N2O2S.BrH/c1-2-3-4-5-6-7-8-9-10-11-12-15-23-36-30-20-18-28(19-21-30)25-32(35)33-31-17-14-13-16-29(31)26-34-22-24-37-27-34;/h13-14,16-22,24,27H,2-12,15,23,25-26H2,1H3;1H. The zero-order valence-corrected chi connectivity index (χ0v) is 25.4. The van der Waals surface area contributed by atoms with Crippen LogP contribution in [0.1, 0.15) is 95.1 Å². The van der Waals surface area contributed by atoms with Crippen molar-refractivity contribution in [1.82, 2.24) is 0 Å². The first kappa shape index (κ1) is 32.0. The van der Waals surface area contributed by atoms with E-state index in [1.54, 1.807) is 11.3 Å². The van der Waals surface area contributed by atoms with Gasteiger partial charge in [0.2, 0.25) is 11.4 Å². The summed E-state index contributed by atoms with van der Waals surface area (Å²) in [4.78, 5) is 12.7. The normalized spacial score (nSPS) is 10.7. The topological polar surface area (TPSA) is 42.2 Å². The van der Waals surface area contributed by atoms with E-state index in [0.29, 0.717) is 6.42 Å². The number of anilines is 1. The van der Waals surface area contributed by atoms with Gasteiger partial charge in [-0.3, -0.25) is 4.79 Å². The predicted molar refractivity (Wildman–Crippen MR) is 155 cm³/mol. The number of para-hydroxylation sites is 1. The summed E-state index contributed by atoms with van der Waals surface area (Å²) in [7, 11) is 0. The fourth-order valence-electron chi connectivity index (χ4n) is 4.54. The van der Waals surface area contributed by atoms with E-state index >= 15 is 0 Å². The molecule has 0 aliphatic carbocycles. The highest BCUT2D eigenvalue weighted by molar-refractivity contribution is 7.07. The molecule has 0 saturated heterocycles. The summed E-state index contributed by atoms with van der Waals surface area (Å²) >= 11 is 1.66. The second-order valence-corrected chi connectivity index (χ2v) is 10.7.